The first-order valence-corrected chi connectivity index (χ1v) is 23.8. The van der Waals surface area contributed by atoms with Gasteiger partial charge < -0.3 is 19.0 Å². The van der Waals surface area contributed by atoms with E-state index in [1.165, 1.54) is 88.1 Å². The van der Waals surface area contributed by atoms with Crippen LogP contribution in [0, 0.1) is 0 Å². The predicted molar refractivity (Wildman–Crippen MR) is 274 cm³/mol. The Morgan fingerprint density at radius 3 is 2.11 bits per heavy atom. The summed E-state index contributed by atoms with van der Waals surface area (Å²) in [6, 6.07) is 63.3. The van der Waals surface area contributed by atoms with Crippen molar-refractivity contribution in [2.45, 2.75) is 56.5 Å². The van der Waals surface area contributed by atoms with Crippen molar-refractivity contribution < 1.29 is 9.15 Å². The summed E-state index contributed by atoms with van der Waals surface area (Å²) in [6.45, 7) is 2.29. The van der Waals surface area contributed by atoms with E-state index in [1.54, 1.807) is 0 Å². The minimum atomic E-state index is -0.183. The molecule has 1 saturated carbocycles. The Bertz CT molecular complexity index is 3490. The molecule has 4 heterocycles. The standard InChI is InChI=1S/C61H47BN2O2/c1-61-35-13-12-28-57(61)66-60-45(22-15-24-49(60)61)40-29-32-44(33-30-40)64-53-34-31-41(46-21-14-23-48-47-20-8-11-27-56(47)65-59(46)48)36-51(53)62-50-25-9-10-26-52(50)63(43-18-6-3-7-19-43)54-37-42(38-55(64)58(54)62)39-16-4-2-5-17-39/h3,6-15,18-39,57H,2,4-5,16-17H2,1H3. The smallest absolute Gasteiger partial charge is 0.252 e. The Kier molecular flexibility index (Phi) is 8.32. The number of para-hydroxylation sites is 5. The number of ether oxygens (including phenoxy) is 1. The van der Waals surface area contributed by atoms with Crippen LogP contribution in [0.2, 0.25) is 0 Å². The van der Waals surface area contributed by atoms with Gasteiger partial charge in [0.2, 0.25) is 0 Å². The van der Waals surface area contributed by atoms with Gasteiger partial charge in [0.05, 0.1) is 5.41 Å². The van der Waals surface area contributed by atoms with Gasteiger partial charge >= 0.3 is 0 Å². The lowest BCUT2D eigenvalue weighted by molar-refractivity contribution is 0.228. The van der Waals surface area contributed by atoms with Crippen molar-refractivity contribution in [2.24, 2.45) is 0 Å². The molecule has 14 rings (SSSR count). The highest BCUT2D eigenvalue weighted by atomic mass is 16.5. The van der Waals surface area contributed by atoms with Gasteiger partial charge in [-0.05, 0) is 119 Å². The van der Waals surface area contributed by atoms with E-state index in [2.05, 4.69) is 211 Å². The van der Waals surface area contributed by atoms with Crippen LogP contribution in [-0.4, -0.2) is 12.8 Å². The van der Waals surface area contributed by atoms with Crippen LogP contribution < -0.4 is 30.9 Å². The Morgan fingerprint density at radius 2 is 1.26 bits per heavy atom. The third-order valence-electron chi connectivity index (χ3n) is 15.5. The minimum Gasteiger partial charge on any atom is -0.484 e. The van der Waals surface area contributed by atoms with Gasteiger partial charge in [-0.2, -0.15) is 0 Å². The number of hydrogen-bond acceptors (Lipinski definition) is 4. The van der Waals surface area contributed by atoms with Gasteiger partial charge in [0, 0.05) is 61.6 Å². The molecule has 0 bridgehead atoms. The fourth-order valence-corrected chi connectivity index (χ4v) is 12.3. The summed E-state index contributed by atoms with van der Waals surface area (Å²) in [4.78, 5) is 5.11. The first-order chi connectivity index (χ1) is 32.6. The summed E-state index contributed by atoms with van der Waals surface area (Å²) < 4.78 is 13.4. The van der Waals surface area contributed by atoms with E-state index < -0.39 is 0 Å². The maximum Gasteiger partial charge on any atom is 0.252 e. The second kappa shape index (κ2) is 14.5. The molecule has 316 valence electrons. The molecule has 2 aliphatic carbocycles. The van der Waals surface area contributed by atoms with Gasteiger partial charge in [-0.15, -0.1) is 0 Å². The normalized spacial score (nSPS) is 19.0. The SMILES string of the molecule is CC12C=CC=CC1Oc1c(-c3ccc(N4c5ccc(-c6cccc7c6oc6ccccc67)cc5B5c6ccccc6N(c6ccccc6)c6cc(C7CCCCC7)cc4c65)cc3)cccc12. The van der Waals surface area contributed by atoms with E-state index in [1.807, 2.05) is 0 Å². The lowest BCUT2D eigenvalue weighted by Crippen LogP contribution is -2.61. The van der Waals surface area contributed by atoms with Crippen LogP contribution >= 0.6 is 0 Å². The van der Waals surface area contributed by atoms with Crippen LogP contribution in [0.3, 0.4) is 0 Å². The number of anilines is 6. The van der Waals surface area contributed by atoms with Gasteiger partial charge in [-0.25, -0.2) is 0 Å². The summed E-state index contributed by atoms with van der Waals surface area (Å²) in [5, 5.41) is 2.28. The molecule has 2 unspecified atom stereocenters. The Hall–Kier alpha value is -7.50. The molecule has 2 atom stereocenters. The molecule has 5 heteroatoms. The van der Waals surface area contributed by atoms with Crippen molar-refractivity contribution in [2.75, 3.05) is 9.80 Å². The van der Waals surface area contributed by atoms with Gasteiger partial charge in [0.15, 0.2) is 0 Å². The van der Waals surface area contributed by atoms with Crippen LogP contribution in [0.4, 0.5) is 34.1 Å². The molecule has 0 amide bonds. The number of fused-ring (bicyclic) bond motifs is 10. The van der Waals surface area contributed by atoms with Crippen LogP contribution in [0.5, 0.6) is 5.75 Å². The van der Waals surface area contributed by atoms with Gasteiger partial charge in [0.25, 0.3) is 6.71 Å². The molecule has 5 aliphatic rings. The van der Waals surface area contributed by atoms with Gasteiger partial charge in [-0.3, -0.25) is 0 Å². The highest BCUT2D eigenvalue weighted by Crippen LogP contribution is 2.52. The summed E-state index contributed by atoms with van der Waals surface area (Å²) in [6.07, 6.45) is 15.0. The third kappa shape index (κ3) is 5.52. The predicted octanol–water partition coefficient (Wildman–Crippen LogP) is 14.2. The molecule has 0 spiro atoms. The van der Waals surface area contributed by atoms with Crippen molar-refractivity contribution in [3.63, 3.8) is 0 Å². The molecule has 1 aromatic heterocycles. The first-order valence-electron chi connectivity index (χ1n) is 23.8. The van der Waals surface area contributed by atoms with Crippen LogP contribution in [0.1, 0.15) is 56.1 Å². The maximum absolute atomic E-state index is 6.76. The van der Waals surface area contributed by atoms with Crippen molar-refractivity contribution in [1.29, 1.82) is 0 Å². The molecular weight excluding hydrogens is 803 g/mol. The summed E-state index contributed by atoms with van der Waals surface area (Å²) in [5.41, 5.74) is 20.1. The second-order valence-electron chi connectivity index (χ2n) is 19.2. The van der Waals surface area contributed by atoms with E-state index in [0.29, 0.717) is 5.92 Å². The number of hydrogen-bond donors (Lipinski definition) is 0. The molecule has 3 aliphatic heterocycles. The molecule has 0 radical (unpaired) electrons. The monoisotopic (exact) mass is 850 g/mol. The van der Waals surface area contributed by atoms with E-state index in [4.69, 9.17) is 9.15 Å². The summed E-state index contributed by atoms with van der Waals surface area (Å²) >= 11 is 0. The first kappa shape index (κ1) is 37.8. The van der Waals surface area contributed by atoms with E-state index in [-0.39, 0.29) is 18.2 Å². The Labute approximate surface area is 386 Å². The van der Waals surface area contributed by atoms with Gasteiger partial charge in [0.1, 0.15) is 23.0 Å². The van der Waals surface area contributed by atoms with E-state index in [9.17, 15) is 0 Å². The molecule has 66 heavy (non-hydrogen) atoms. The highest BCUT2D eigenvalue weighted by molar-refractivity contribution is 7.00. The Balaban J connectivity index is 1.000. The summed E-state index contributed by atoms with van der Waals surface area (Å²) in [5.74, 6) is 1.50. The third-order valence-corrected chi connectivity index (χ3v) is 15.5. The van der Waals surface area contributed by atoms with E-state index >= 15 is 0 Å². The van der Waals surface area contributed by atoms with Crippen molar-refractivity contribution >= 4 is 79.2 Å². The van der Waals surface area contributed by atoms with Crippen LogP contribution in [-0.2, 0) is 5.41 Å². The lowest BCUT2D eigenvalue weighted by atomic mass is 9.33. The van der Waals surface area contributed by atoms with Crippen LogP contribution in [0.15, 0.2) is 199 Å². The lowest BCUT2D eigenvalue weighted by Gasteiger charge is -2.45. The molecule has 4 nitrogen and oxygen atoms in total. The van der Waals surface area contributed by atoms with Crippen molar-refractivity contribution in [1.82, 2.24) is 0 Å². The van der Waals surface area contributed by atoms with Crippen LogP contribution in [0.25, 0.3) is 44.2 Å². The zero-order valence-electron chi connectivity index (χ0n) is 37.0. The molecule has 1 fully saturated rings. The Morgan fingerprint density at radius 1 is 0.561 bits per heavy atom. The number of allylic oxidation sites excluding steroid dienone is 2. The minimum absolute atomic E-state index is 0.00368. The second-order valence-corrected chi connectivity index (χ2v) is 19.2. The van der Waals surface area contributed by atoms with Crippen molar-refractivity contribution in [3.05, 3.63) is 205 Å². The average Bonchev–Trinajstić information content (AvgIpc) is 3.92. The number of nitrogens with zero attached hydrogens (tertiary/aromatic N) is 2. The zero-order valence-corrected chi connectivity index (χ0v) is 37.0. The molecule has 9 aromatic rings. The highest BCUT2D eigenvalue weighted by Gasteiger charge is 2.46. The largest absolute Gasteiger partial charge is 0.484 e. The topological polar surface area (TPSA) is 28.9 Å². The number of benzene rings is 8. The van der Waals surface area contributed by atoms with Gasteiger partial charge in [-0.1, -0.05) is 153 Å². The summed E-state index contributed by atoms with van der Waals surface area (Å²) in [7, 11) is 0. The average molecular weight is 851 g/mol. The molecule has 0 saturated heterocycles. The van der Waals surface area contributed by atoms with E-state index in [0.717, 1.165) is 55.6 Å². The number of rotatable bonds is 5. The van der Waals surface area contributed by atoms with Crippen molar-refractivity contribution in [3.8, 4) is 28.0 Å². The fourth-order valence-electron chi connectivity index (χ4n) is 12.3. The molecular formula is C61H47BN2O2. The molecule has 8 aromatic carbocycles. The maximum atomic E-state index is 6.76. The quantitative estimate of drug-likeness (QED) is 0.161. The number of furan rings is 1. The zero-order chi connectivity index (χ0) is 43.5. The fraction of sp³-hybridized carbons (Fsp3) is 0.148. The molecule has 0 N–H and O–H groups in total.